The van der Waals surface area contributed by atoms with Gasteiger partial charge < -0.3 is 10.1 Å². The number of likely N-dealkylation sites (tertiary alicyclic amines) is 1. The van der Waals surface area contributed by atoms with E-state index in [2.05, 4.69) is 17.1 Å². The molecule has 4 heteroatoms. The molecule has 0 amide bonds. The zero-order chi connectivity index (χ0) is 12.7. The molecule has 1 unspecified atom stereocenters. The van der Waals surface area contributed by atoms with Gasteiger partial charge in [-0.25, -0.2) is 0 Å². The number of carbonyl (C=O) groups is 1. The molecule has 0 aromatic carbocycles. The third kappa shape index (κ3) is 4.64. The van der Waals surface area contributed by atoms with Crippen LogP contribution in [0.25, 0.3) is 0 Å². The first-order valence-electron chi connectivity index (χ1n) is 6.71. The maximum atomic E-state index is 11.4. The van der Waals surface area contributed by atoms with Gasteiger partial charge in [-0.3, -0.25) is 9.69 Å². The third-order valence-corrected chi connectivity index (χ3v) is 3.60. The monoisotopic (exact) mass is 242 g/mol. The van der Waals surface area contributed by atoms with Crippen molar-refractivity contribution in [2.24, 2.45) is 5.92 Å². The van der Waals surface area contributed by atoms with Gasteiger partial charge in [0.2, 0.25) is 0 Å². The predicted octanol–water partition coefficient (Wildman–Crippen LogP) is 1.26. The fraction of sp³-hybridized carbons (Fsp3) is 0.923. The van der Waals surface area contributed by atoms with Gasteiger partial charge in [-0.05, 0) is 58.3 Å². The molecule has 0 spiro atoms. The van der Waals surface area contributed by atoms with Crippen molar-refractivity contribution in [1.29, 1.82) is 0 Å². The van der Waals surface area contributed by atoms with Crippen molar-refractivity contribution in [3.05, 3.63) is 0 Å². The Labute approximate surface area is 105 Å². The molecule has 1 saturated heterocycles. The summed E-state index contributed by atoms with van der Waals surface area (Å²) in [6, 6.07) is -0.0930. The summed E-state index contributed by atoms with van der Waals surface area (Å²) in [7, 11) is 1.46. The molecule has 17 heavy (non-hydrogen) atoms. The Morgan fingerprint density at radius 2 is 2.12 bits per heavy atom. The zero-order valence-corrected chi connectivity index (χ0v) is 11.4. The standard InChI is InChI=1S/C13H26N2O2/c1-4-7-14-10-12-5-8-15(9-6-12)11(2)13(16)17-3/h11-12,14H,4-10H2,1-3H3. The molecule has 100 valence electrons. The number of piperidine rings is 1. The molecule has 1 heterocycles. The predicted molar refractivity (Wildman–Crippen MR) is 68.9 cm³/mol. The first kappa shape index (κ1) is 14.5. The van der Waals surface area contributed by atoms with Crippen molar-refractivity contribution in [2.75, 3.05) is 33.3 Å². The number of methoxy groups -OCH3 is 1. The van der Waals surface area contributed by atoms with E-state index in [1.54, 1.807) is 0 Å². The Morgan fingerprint density at radius 3 is 2.65 bits per heavy atom. The quantitative estimate of drug-likeness (QED) is 0.562. The Balaban J connectivity index is 2.23. The number of esters is 1. The Bertz CT molecular complexity index is 225. The average molecular weight is 242 g/mol. The smallest absolute Gasteiger partial charge is 0.322 e. The van der Waals surface area contributed by atoms with Crippen molar-refractivity contribution < 1.29 is 9.53 Å². The van der Waals surface area contributed by atoms with Gasteiger partial charge in [-0.1, -0.05) is 6.92 Å². The number of nitrogens with zero attached hydrogens (tertiary/aromatic N) is 1. The van der Waals surface area contributed by atoms with Gasteiger partial charge in [0.05, 0.1) is 7.11 Å². The lowest BCUT2D eigenvalue weighted by Gasteiger charge is -2.34. The van der Waals surface area contributed by atoms with Crippen LogP contribution < -0.4 is 5.32 Å². The van der Waals surface area contributed by atoms with Crippen LogP contribution in [-0.4, -0.2) is 50.2 Å². The zero-order valence-electron chi connectivity index (χ0n) is 11.4. The van der Waals surface area contributed by atoms with Gasteiger partial charge in [0.25, 0.3) is 0 Å². The molecule has 0 aromatic rings. The molecule has 1 rings (SSSR count). The Kier molecular flexibility index (Phi) is 6.52. The number of carbonyl (C=O) groups excluding carboxylic acids is 1. The highest BCUT2D eigenvalue weighted by Crippen LogP contribution is 2.18. The number of hydrogen-bond acceptors (Lipinski definition) is 4. The van der Waals surface area contributed by atoms with Gasteiger partial charge in [0.1, 0.15) is 6.04 Å². The molecule has 0 aromatic heterocycles. The van der Waals surface area contributed by atoms with Crippen LogP contribution in [0, 0.1) is 5.92 Å². The van der Waals surface area contributed by atoms with Crippen LogP contribution in [0.4, 0.5) is 0 Å². The van der Waals surface area contributed by atoms with Gasteiger partial charge in [0, 0.05) is 0 Å². The van der Waals surface area contributed by atoms with Crippen LogP contribution >= 0.6 is 0 Å². The van der Waals surface area contributed by atoms with Crippen LogP contribution in [0.3, 0.4) is 0 Å². The van der Waals surface area contributed by atoms with Crippen LogP contribution in [0.15, 0.2) is 0 Å². The Hall–Kier alpha value is -0.610. The molecule has 1 atom stereocenters. The van der Waals surface area contributed by atoms with E-state index in [-0.39, 0.29) is 12.0 Å². The molecule has 1 aliphatic rings. The second-order valence-corrected chi connectivity index (χ2v) is 4.88. The Morgan fingerprint density at radius 1 is 1.47 bits per heavy atom. The lowest BCUT2D eigenvalue weighted by Crippen LogP contribution is -2.45. The van der Waals surface area contributed by atoms with E-state index in [4.69, 9.17) is 4.74 Å². The molecule has 0 bridgehead atoms. The van der Waals surface area contributed by atoms with Gasteiger partial charge in [-0.15, -0.1) is 0 Å². The summed E-state index contributed by atoms with van der Waals surface area (Å²) >= 11 is 0. The molecule has 0 aliphatic carbocycles. The van der Waals surface area contributed by atoms with Gasteiger partial charge >= 0.3 is 5.97 Å². The fourth-order valence-electron chi connectivity index (χ4n) is 2.35. The SMILES string of the molecule is CCCNCC1CCN(C(C)C(=O)OC)CC1. The van der Waals surface area contributed by atoms with Crippen molar-refractivity contribution in [3.8, 4) is 0 Å². The maximum absolute atomic E-state index is 11.4. The molecule has 1 aliphatic heterocycles. The first-order valence-corrected chi connectivity index (χ1v) is 6.71. The summed E-state index contributed by atoms with van der Waals surface area (Å²) in [6.07, 6.45) is 3.55. The lowest BCUT2D eigenvalue weighted by atomic mass is 9.96. The highest BCUT2D eigenvalue weighted by atomic mass is 16.5. The molecular formula is C13H26N2O2. The third-order valence-electron chi connectivity index (χ3n) is 3.60. The van der Waals surface area contributed by atoms with E-state index in [0.717, 1.165) is 32.1 Å². The second kappa shape index (κ2) is 7.67. The molecule has 1 fully saturated rings. The summed E-state index contributed by atoms with van der Waals surface area (Å²) in [5.41, 5.74) is 0. The van der Waals surface area contributed by atoms with Crippen LogP contribution in [0.5, 0.6) is 0 Å². The summed E-state index contributed by atoms with van der Waals surface area (Å²) in [6.45, 7) is 8.37. The number of hydrogen-bond donors (Lipinski definition) is 1. The summed E-state index contributed by atoms with van der Waals surface area (Å²) in [5, 5.41) is 3.47. The van der Waals surface area contributed by atoms with Gasteiger partial charge in [-0.2, -0.15) is 0 Å². The minimum Gasteiger partial charge on any atom is -0.468 e. The van der Waals surface area contributed by atoms with E-state index in [1.807, 2.05) is 6.92 Å². The van der Waals surface area contributed by atoms with Crippen LogP contribution in [0.1, 0.15) is 33.1 Å². The second-order valence-electron chi connectivity index (χ2n) is 4.88. The molecule has 4 nitrogen and oxygen atoms in total. The fourth-order valence-corrected chi connectivity index (χ4v) is 2.35. The summed E-state index contributed by atoms with van der Waals surface area (Å²) in [4.78, 5) is 13.7. The van der Waals surface area contributed by atoms with Crippen LogP contribution in [0.2, 0.25) is 0 Å². The topological polar surface area (TPSA) is 41.6 Å². The maximum Gasteiger partial charge on any atom is 0.322 e. The highest BCUT2D eigenvalue weighted by molar-refractivity contribution is 5.75. The van der Waals surface area contributed by atoms with Crippen molar-refractivity contribution in [2.45, 2.75) is 39.2 Å². The average Bonchev–Trinajstić information content (AvgIpc) is 2.38. The number of rotatable bonds is 6. The van der Waals surface area contributed by atoms with E-state index in [9.17, 15) is 4.79 Å². The van der Waals surface area contributed by atoms with E-state index in [1.165, 1.54) is 26.4 Å². The number of ether oxygens (including phenoxy) is 1. The summed E-state index contributed by atoms with van der Waals surface area (Å²) in [5.74, 6) is 0.648. The van der Waals surface area contributed by atoms with E-state index >= 15 is 0 Å². The van der Waals surface area contributed by atoms with Crippen LogP contribution in [-0.2, 0) is 9.53 Å². The molecular weight excluding hydrogens is 216 g/mol. The number of nitrogens with one attached hydrogen (secondary N) is 1. The minimum atomic E-state index is -0.118. The van der Waals surface area contributed by atoms with Crippen molar-refractivity contribution >= 4 is 5.97 Å². The van der Waals surface area contributed by atoms with Crippen molar-refractivity contribution in [1.82, 2.24) is 10.2 Å². The van der Waals surface area contributed by atoms with E-state index in [0.29, 0.717) is 0 Å². The highest BCUT2D eigenvalue weighted by Gasteiger charge is 2.26. The molecule has 0 saturated carbocycles. The minimum absolute atomic E-state index is 0.0930. The van der Waals surface area contributed by atoms with Crippen molar-refractivity contribution in [3.63, 3.8) is 0 Å². The summed E-state index contributed by atoms with van der Waals surface area (Å²) < 4.78 is 4.78. The molecule has 1 N–H and O–H groups in total. The van der Waals surface area contributed by atoms with E-state index < -0.39 is 0 Å². The lowest BCUT2D eigenvalue weighted by molar-refractivity contribution is -0.146. The van der Waals surface area contributed by atoms with Gasteiger partial charge in [0.15, 0.2) is 0 Å². The largest absolute Gasteiger partial charge is 0.468 e. The molecule has 0 radical (unpaired) electrons. The first-order chi connectivity index (χ1) is 8.19. The normalized spacial score (nSPS) is 20.2.